The summed E-state index contributed by atoms with van der Waals surface area (Å²) < 4.78 is 89.2. The van der Waals surface area contributed by atoms with Gasteiger partial charge in [0.15, 0.2) is 17.5 Å². The minimum Gasteiger partial charge on any atom is -0.497 e. The number of carbonyl (C=O) groups is 3. The second-order valence-corrected chi connectivity index (χ2v) is 17.1. The van der Waals surface area contributed by atoms with Crippen LogP contribution in [0.2, 0.25) is 0 Å². The van der Waals surface area contributed by atoms with Crippen LogP contribution in [0.3, 0.4) is 0 Å². The molecule has 1 aliphatic heterocycles. The maximum Gasteiger partial charge on any atom is 0.416 e. The quantitative estimate of drug-likeness (QED) is 0.0572. The van der Waals surface area contributed by atoms with Gasteiger partial charge in [-0.25, -0.2) is 47.4 Å². The normalized spacial score (nSPS) is 13.3. The molecule has 0 atom stereocenters. The Morgan fingerprint density at radius 3 is 1.39 bits per heavy atom. The molecule has 1 fully saturated rings. The average molecular weight is 1000 g/mol. The maximum absolute atomic E-state index is 12.9. The number of likely N-dealkylation sites (tertiary alicyclic amines) is 1. The van der Waals surface area contributed by atoms with Crippen LogP contribution in [-0.2, 0) is 30.0 Å². The van der Waals surface area contributed by atoms with Gasteiger partial charge in [0.1, 0.15) is 30.5 Å². The molecule has 0 N–H and O–H groups in total. The van der Waals surface area contributed by atoms with Crippen LogP contribution in [0.15, 0.2) is 91.8 Å². The Labute approximate surface area is 412 Å². The predicted octanol–water partition coefficient (Wildman–Crippen LogP) is 9.37. The average Bonchev–Trinajstić information content (AvgIpc) is 4.07. The van der Waals surface area contributed by atoms with Gasteiger partial charge < -0.3 is 23.8 Å². The Balaban J connectivity index is 0.000000201. The van der Waals surface area contributed by atoms with E-state index < -0.39 is 48.6 Å². The van der Waals surface area contributed by atoms with Gasteiger partial charge in [0, 0.05) is 53.5 Å². The third-order valence-corrected chi connectivity index (χ3v) is 9.37. The molecule has 1 saturated heterocycles. The summed E-state index contributed by atoms with van der Waals surface area (Å²) in [5, 5.41) is 12.6. The van der Waals surface area contributed by atoms with E-state index in [-0.39, 0.29) is 29.7 Å². The van der Waals surface area contributed by atoms with Crippen LogP contribution < -0.4 is 9.47 Å². The Morgan fingerprint density at radius 1 is 0.583 bits per heavy atom. The van der Waals surface area contributed by atoms with E-state index >= 15 is 0 Å². The Morgan fingerprint density at radius 2 is 0.986 bits per heavy atom. The molecular weight excluding hydrogens is 948 g/mol. The summed E-state index contributed by atoms with van der Waals surface area (Å²) in [4.78, 5) is 48.0. The second kappa shape index (κ2) is 24.2. The van der Waals surface area contributed by atoms with Crippen molar-refractivity contribution in [2.75, 3.05) is 20.2 Å². The fourth-order valence-corrected chi connectivity index (χ4v) is 6.46. The van der Waals surface area contributed by atoms with Gasteiger partial charge >= 0.3 is 18.1 Å². The number of halogens is 5. The largest absolute Gasteiger partial charge is 0.497 e. The number of hydrogen-bond donors (Lipinski definition) is 0. The van der Waals surface area contributed by atoms with E-state index in [1.54, 1.807) is 41.1 Å². The SMILES string of the molecule is COc1cc(C)cc(-c2ncn(/C=C\C(=O)OC(C)C)n2)c1.Cc1cc(-c2ncn(/C=C\C(=O)N3CC(F)(F)C3)n2)cc(C(F)(F)F)c1.Cc1cc(OC(C)C)cc(-c2ncn(/C=C\C(=O)OC(C)C)n2)c1. The van der Waals surface area contributed by atoms with Crippen molar-refractivity contribution in [3.05, 3.63) is 114 Å². The molecule has 0 aliphatic carbocycles. The highest BCUT2D eigenvalue weighted by Crippen LogP contribution is 2.33. The molecule has 17 nitrogen and oxygen atoms in total. The highest BCUT2D eigenvalue weighted by atomic mass is 19.4. The van der Waals surface area contributed by atoms with Gasteiger partial charge in [-0.3, -0.25) is 4.79 Å². The molecule has 6 aromatic rings. The number of esters is 2. The van der Waals surface area contributed by atoms with Gasteiger partial charge in [-0.15, -0.1) is 15.3 Å². The predicted molar refractivity (Wildman–Crippen MR) is 258 cm³/mol. The summed E-state index contributed by atoms with van der Waals surface area (Å²) in [5.41, 5.74) is 3.61. The van der Waals surface area contributed by atoms with Gasteiger partial charge in [0.05, 0.1) is 44.1 Å². The first kappa shape index (κ1) is 54.9. The molecule has 3 aromatic carbocycles. The van der Waals surface area contributed by atoms with Crippen LogP contribution in [0.25, 0.3) is 52.8 Å². The van der Waals surface area contributed by atoms with E-state index in [0.29, 0.717) is 17.2 Å². The molecule has 7 rings (SSSR count). The molecule has 1 amide bonds. The third kappa shape index (κ3) is 17.1. The molecule has 0 radical (unpaired) electrons. The van der Waals surface area contributed by atoms with Crippen molar-refractivity contribution in [3.63, 3.8) is 0 Å². The van der Waals surface area contributed by atoms with E-state index in [9.17, 15) is 36.3 Å². The number of aryl methyl sites for hydroxylation is 3. The fourth-order valence-electron chi connectivity index (χ4n) is 6.46. The highest BCUT2D eigenvalue weighted by molar-refractivity contribution is 5.91. The second-order valence-electron chi connectivity index (χ2n) is 17.1. The zero-order valence-electron chi connectivity index (χ0n) is 41.3. The van der Waals surface area contributed by atoms with Crippen molar-refractivity contribution >= 4 is 36.4 Å². The van der Waals surface area contributed by atoms with E-state index in [1.165, 1.54) is 65.8 Å². The van der Waals surface area contributed by atoms with Crippen LogP contribution >= 0.6 is 0 Å². The summed E-state index contributed by atoms with van der Waals surface area (Å²) in [5.74, 6) is -1.58. The molecule has 72 heavy (non-hydrogen) atoms. The van der Waals surface area contributed by atoms with Crippen LogP contribution in [0.5, 0.6) is 11.5 Å². The number of aromatic nitrogens is 9. The summed E-state index contributed by atoms with van der Waals surface area (Å²) >= 11 is 0. The van der Waals surface area contributed by atoms with Crippen molar-refractivity contribution in [1.29, 1.82) is 0 Å². The standard InChI is InChI=1S/C18H23N3O3.C16H13F5N4O.C16H19N3O3/c1-12(2)23-16-9-14(5)8-15(10-16)18-19-11-21(20-18)7-6-17(22)24-13(3)4;1-10-4-11(6-12(5-10)16(19,20)21)14-22-9-25(23-14)3-2-13(26)24-7-15(17,18)8-24;1-11(2)22-15(20)5-6-19-10-17-16(18-19)13-7-12(3)8-14(9-13)21-4/h6-13H,1-5H3;2-6,9H,7-8H2,1H3;5-11H,1-4H3/b7-6-;3-2-;6-5-. The Kier molecular flexibility index (Phi) is 18.4. The molecule has 0 saturated carbocycles. The fraction of sp³-hybridized carbons (Fsp3) is 0.340. The number of ether oxygens (including phenoxy) is 4. The van der Waals surface area contributed by atoms with Crippen molar-refractivity contribution in [2.45, 2.75) is 92.7 Å². The molecule has 1 aliphatic rings. The van der Waals surface area contributed by atoms with Crippen molar-refractivity contribution < 1.29 is 55.3 Å². The smallest absolute Gasteiger partial charge is 0.416 e. The summed E-state index contributed by atoms with van der Waals surface area (Å²) in [6.45, 7) is 15.4. The van der Waals surface area contributed by atoms with Crippen molar-refractivity contribution in [3.8, 4) is 45.7 Å². The van der Waals surface area contributed by atoms with E-state index in [2.05, 4.69) is 30.2 Å². The number of methoxy groups -OCH3 is 1. The van der Waals surface area contributed by atoms with Crippen molar-refractivity contribution in [2.24, 2.45) is 0 Å². The van der Waals surface area contributed by atoms with E-state index in [1.807, 2.05) is 64.1 Å². The van der Waals surface area contributed by atoms with Crippen LogP contribution in [0.1, 0.15) is 63.8 Å². The molecule has 4 heterocycles. The number of benzene rings is 3. The lowest BCUT2D eigenvalue weighted by atomic mass is 10.1. The van der Waals surface area contributed by atoms with Gasteiger partial charge in [-0.05, 0) is 134 Å². The Bertz CT molecular complexity index is 2910. The number of nitrogens with zero attached hydrogens (tertiary/aromatic N) is 10. The van der Waals surface area contributed by atoms with Crippen LogP contribution in [0.4, 0.5) is 22.0 Å². The molecule has 0 bridgehead atoms. The zero-order chi connectivity index (χ0) is 52.9. The number of rotatable bonds is 14. The molecular formula is C50H55F5N10O7. The summed E-state index contributed by atoms with van der Waals surface area (Å²) in [6, 6.07) is 15.1. The molecule has 0 spiro atoms. The monoisotopic (exact) mass is 1000 g/mol. The molecule has 382 valence electrons. The maximum atomic E-state index is 12.9. The lowest BCUT2D eigenvalue weighted by Gasteiger charge is -2.37. The number of hydrogen-bond acceptors (Lipinski definition) is 13. The van der Waals surface area contributed by atoms with Gasteiger partial charge in [0.2, 0.25) is 5.91 Å². The van der Waals surface area contributed by atoms with Gasteiger partial charge in [-0.2, -0.15) is 13.2 Å². The minimum absolute atomic E-state index is 0.0479. The minimum atomic E-state index is -4.49. The van der Waals surface area contributed by atoms with Crippen LogP contribution in [-0.4, -0.2) is 111 Å². The zero-order valence-corrected chi connectivity index (χ0v) is 41.3. The number of carbonyl (C=O) groups excluding carboxylic acids is 3. The summed E-state index contributed by atoms with van der Waals surface area (Å²) in [6.07, 6.45) is 7.50. The first-order chi connectivity index (χ1) is 33.8. The number of alkyl halides is 5. The molecule has 22 heteroatoms. The van der Waals surface area contributed by atoms with E-state index in [4.69, 9.17) is 18.9 Å². The summed E-state index contributed by atoms with van der Waals surface area (Å²) in [7, 11) is 1.62. The Hall–Kier alpha value is -8.04. The third-order valence-electron chi connectivity index (χ3n) is 9.37. The first-order valence-corrected chi connectivity index (χ1v) is 22.3. The van der Waals surface area contributed by atoms with Crippen molar-refractivity contribution in [1.82, 2.24) is 49.2 Å². The van der Waals surface area contributed by atoms with Gasteiger partial charge in [0.25, 0.3) is 5.92 Å². The first-order valence-electron chi connectivity index (χ1n) is 22.3. The molecule has 3 aromatic heterocycles. The van der Waals surface area contributed by atoms with E-state index in [0.717, 1.165) is 61.5 Å². The van der Waals surface area contributed by atoms with Crippen LogP contribution in [0, 0.1) is 20.8 Å². The lowest BCUT2D eigenvalue weighted by Crippen LogP contribution is -2.58. The highest BCUT2D eigenvalue weighted by Gasteiger charge is 2.45. The topological polar surface area (TPSA) is 184 Å². The molecule has 0 unspecified atom stereocenters. The number of amides is 1. The lowest BCUT2D eigenvalue weighted by molar-refractivity contribution is -0.160. The van der Waals surface area contributed by atoms with Gasteiger partial charge in [-0.1, -0.05) is 0 Å².